The molecule has 0 bridgehead atoms. The highest BCUT2D eigenvalue weighted by molar-refractivity contribution is 14.0. The number of thioether (sulfide) groups is 1. The van der Waals surface area contributed by atoms with Crippen LogP contribution in [0.15, 0.2) is 4.99 Å². The highest BCUT2D eigenvalue weighted by Gasteiger charge is 2.39. The lowest BCUT2D eigenvalue weighted by Crippen LogP contribution is -2.52. The molecule has 100 valence electrons. The average Bonchev–Trinajstić information content (AvgIpc) is 2.78. The third-order valence-corrected chi connectivity index (χ3v) is 4.71. The van der Waals surface area contributed by atoms with Crippen LogP contribution >= 0.6 is 35.7 Å². The summed E-state index contributed by atoms with van der Waals surface area (Å²) in [6.07, 6.45) is 5.16. The van der Waals surface area contributed by atoms with E-state index in [-0.39, 0.29) is 35.5 Å². The maximum absolute atomic E-state index is 5.46. The van der Waals surface area contributed by atoms with Gasteiger partial charge in [0.05, 0.1) is 6.54 Å². The van der Waals surface area contributed by atoms with Gasteiger partial charge in [-0.25, -0.2) is 0 Å². The molecule has 4 N–H and O–H groups in total. The Kier molecular flexibility index (Phi) is 6.36. The smallest absolute Gasteiger partial charge is 0.185 e. The summed E-state index contributed by atoms with van der Waals surface area (Å²) in [5.41, 5.74) is 11.2. The van der Waals surface area contributed by atoms with Crippen molar-refractivity contribution >= 4 is 41.7 Å². The zero-order valence-electron chi connectivity index (χ0n) is 10.2. The first-order valence-corrected chi connectivity index (χ1v) is 7.27. The van der Waals surface area contributed by atoms with Crippen LogP contribution in [0.4, 0.5) is 0 Å². The molecule has 0 atom stereocenters. The summed E-state index contributed by atoms with van der Waals surface area (Å²) < 4.78 is 0. The average molecular weight is 370 g/mol. The number of hydrogen-bond donors (Lipinski definition) is 2. The number of aliphatic imine (C=N–C) groups is 1. The molecule has 1 heterocycles. The summed E-state index contributed by atoms with van der Waals surface area (Å²) in [4.78, 5) is 6.91. The molecule has 6 heteroatoms. The second kappa shape index (κ2) is 7.04. The zero-order valence-corrected chi connectivity index (χ0v) is 13.4. The molecule has 1 saturated carbocycles. The van der Waals surface area contributed by atoms with Crippen molar-refractivity contribution in [2.45, 2.75) is 31.2 Å². The van der Waals surface area contributed by atoms with E-state index in [1.807, 2.05) is 0 Å². The molecule has 0 unspecified atom stereocenters. The summed E-state index contributed by atoms with van der Waals surface area (Å²) in [6.45, 7) is 3.19. The molecule has 0 aromatic carbocycles. The van der Waals surface area contributed by atoms with Gasteiger partial charge >= 0.3 is 0 Å². The van der Waals surface area contributed by atoms with E-state index in [4.69, 9.17) is 11.5 Å². The van der Waals surface area contributed by atoms with Crippen LogP contribution < -0.4 is 11.5 Å². The Morgan fingerprint density at radius 3 is 2.29 bits per heavy atom. The van der Waals surface area contributed by atoms with E-state index in [1.54, 1.807) is 0 Å². The van der Waals surface area contributed by atoms with Gasteiger partial charge in [-0.15, -0.1) is 24.0 Å². The van der Waals surface area contributed by atoms with Gasteiger partial charge in [-0.1, -0.05) is 12.8 Å². The van der Waals surface area contributed by atoms with E-state index in [2.05, 4.69) is 21.7 Å². The highest BCUT2D eigenvalue weighted by Crippen LogP contribution is 2.36. The van der Waals surface area contributed by atoms with Crippen molar-refractivity contribution in [3.05, 3.63) is 0 Å². The predicted molar refractivity (Wildman–Crippen MR) is 86.2 cm³/mol. The Hall–Kier alpha value is 0.310. The van der Waals surface area contributed by atoms with Crippen molar-refractivity contribution in [1.82, 2.24) is 4.90 Å². The molecule has 0 spiro atoms. The van der Waals surface area contributed by atoms with Crippen molar-refractivity contribution in [3.63, 3.8) is 0 Å². The molecular weight excluding hydrogens is 347 g/mol. The predicted octanol–water partition coefficient (Wildman–Crippen LogP) is 1.24. The molecule has 0 amide bonds. The molecule has 0 aromatic rings. The second-order valence-electron chi connectivity index (χ2n) is 4.77. The van der Waals surface area contributed by atoms with E-state index >= 15 is 0 Å². The molecule has 1 aliphatic heterocycles. The number of hydrogen-bond acceptors (Lipinski definition) is 3. The van der Waals surface area contributed by atoms with Crippen LogP contribution in [0.1, 0.15) is 25.7 Å². The molecule has 17 heavy (non-hydrogen) atoms. The molecule has 0 aromatic heterocycles. The van der Waals surface area contributed by atoms with E-state index in [1.165, 1.54) is 50.3 Å². The summed E-state index contributed by atoms with van der Waals surface area (Å²) in [7, 11) is 0. The molecule has 0 radical (unpaired) electrons. The molecule has 1 aliphatic carbocycles. The standard InChI is InChI=1S/C11H22N4S.HI/c12-10(13)14-9-11(3-1-2-4-11)15-5-7-16-8-6-15;/h1-9H2,(H4,12,13,14);1H. The number of halogens is 1. The Morgan fingerprint density at radius 2 is 1.76 bits per heavy atom. The zero-order chi connectivity index (χ0) is 11.4. The summed E-state index contributed by atoms with van der Waals surface area (Å²) >= 11 is 2.05. The molecule has 2 aliphatic rings. The fourth-order valence-corrected chi connectivity index (χ4v) is 3.79. The van der Waals surface area contributed by atoms with Crippen LogP contribution in [0.5, 0.6) is 0 Å². The van der Waals surface area contributed by atoms with Crippen molar-refractivity contribution in [2.75, 3.05) is 31.1 Å². The van der Waals surface area contributed by atoms with Gasteiger partial charge in [0, 0.05) is 30.1 Å². The minimum Gasteiger partial charge on any atom is -0.370 e. The first kappa shape index (κ1) is 15.4. The van der Waals surface area contributed by atoms with E-state index in [0.29, 0.717) is 0 Å². The lowest BCUT2D eigenvalue weighted by atomic mass is 9.95. The molecule has 2 fully saturated rings. The third kappa shape index (κ3) is 3.89. The summed E-state index contributed by atoms with van der Waals surface area (Å²) in [5.74, 6) is 2.74. The van der Waals surface area contributed by atoms with Crippen LogP contribution in [0.3, 0.4) is 0 Å². The fraction of sp³-hybridized carbons (Fsp3) is 0.909. The number of guanidine groups is 1. The quantitative estimate of drug-likeness (QED) is 0.446. The van der Waals surface area contributed by atoms with E-state index in [0.717, 1.165) is 6.54 Å². The van der Waals surface area contributed by atoms with Crippen LogP contribution in [0.2, 0.25) is 0 Å². The second-order valence-corrected chi connectivity index (χ2v) is 6.00. The Bertz CT molecular complexity index is 256. The van der Waals surface area contributed by atoms with Gasteiger partial charge in [-0.05, 0) is 12.8 Å². The van der Waals surface area contributed by atoms with Crippen molar-refractivity contribution < 1.29 is 0 Å². The fourth-order valence-electron chi connectivity index (χ4n) is 2.88. The summed E-state index contributed by atoms with van der Waals surface area (Å²) in [5, 5.41) is 0. The van der Waals surface area contributed by atoms with Gasteiger partial charge < -0.3 is 11.5 Å². The first-order chi connectivity index (χ1) is 7.73. The van der Waals surface area contributed by atoms with Gasteiger partial charge in [0.15, 0.2) is 5.96 Å². The minimum absolute atomic E-state index is 0. The maximum atomic E-state index is 5.46. The van der Waals surface area contributed by atoms with Gasteiger partial charge in [-0.3, -0.25) is 9.89 Å². The largest absolute Gasteiger partial charge is 0.370 e. The molecule has 1 saturated heterocycles. The van der Waals surface area contributed by atoms with E-state index in [9.17, 15) is 0 Å². The number of nitrogens with zero attached hydrogens (tertiary/aromatic N) is 2. The summed E-state index contributed by atoms with van der Waals surface area (Å²) in [6, 6.07) is 0. The SMILES string of the molecule is I.NC(N)=NCC1(N2CCSCC2)CCCC1. The Balaban J connectivity index is 0.00000144. The molecular formula is C11H23IN4S. The lowest BCUT2D eigenvalue weighted by Gasteiger charge is -2.42. The van der Waals surface area contributed by atoms with E-state index < -0.39 is 0 Å². The third-order valence-electron chi connectivity index (χ3n) is 3.77. The lowest BCUT2D eigenvalue weighted by molar-refractivity contribution is 0.112. The highest BCUT2D eigenvalue weighted by atomic mass is 127. The van der Waals surface area contributed by atoms with Crippen molar-refractivity contribution in [3.8, 4) is 0 Å². The van der Waals surface area contributed by atoms with Gasteiger partial charge in [-0.2, -0.15) is 11.8 Å². The minimum atomic E-state index is 0. The maximum Gasteiger partial charge on any atom is 0.185 e. The van der Waals surface area contributed by atoms with Crippen molar-refractivity contribution in [2.24, 2.45) is 16.5 Å². The first-order valence-electron chi connectivity index (χ1n) is 6.11. The van der Waals surface area contributed by atoms with Crippen LogP contribution in [-0.2, 0) is 0 Å². The number of rotatable bonds is 3. The van der Waals surface area contributed by atoms with Crippen LogP contribution in [0, 0.1) is 0 Å². The van der Waals surface area contributed by atoms with Crippen LogP contribution in [-0.4, -0.2) is 47.5 Å². The van der Waals surface area contributed by atoms with Gasteiger partial charge in [0.1, 0.15) is 0 Å². The van der Waals surface area contributed by atoms with Crippen molar-refractivity contribution in [1.29, 1.82) is 0 Å². The van der Waals surface area contributed by atoms with Gasteiger partial charge in [0.2, 0.25) is 0 Å². The van der Waals surface area contributed by atoms with Gasteiger partial charge in [0.25, 0.3) is 0 Å². The normalized spacial score (nSPS) is 24.0. The monoisotopic (exact) mass is 370 g/mol. The number of nitrogens with two attached hydrogens (primary N) is 2. The Labute approximate surface area is 125 Å². The Morgan fingerprint density at radius 1 is 1.18 bits per heavy atom. The topological polar surface area (TPSA) is 67.6 Å². The molecule has 2 rings (SSSR count). The molecule has 4 nitrogen and oxygen atoms in total. The van der Waals surface area contributed by atoms with Crippen LogP contribution in [0.25, 0.3) is 0 Å².